The van der Waals surface area contributed by atoms with Crippen molar-refractivity contribution in [1.29, 1.82) is 0 Å². The summed E-state index contributed by atoms with van der Waals surface area (Å²) in [4.78, 5) is 32.2. The van der Waals surface area contributed by atoms with Gasteiger partial charge in [0.1, 0.15) is 6.29 Å². The predicted molar refractivity (Wildman–Crippen MR) is 65.7 cm³/mol. The van der Waals surface area contributed by atoms with Gasteiger partial charge in [0.05, 0.1) is 5.56 Å². The highest BCUT2D eigenvalue weighted by molar-refractivity contribution is 5.90. The number of unbranched alkanes of at least 4 members (excludes halogenated alkanes) is 1. The second-order valence-electron chi connectivity index (χ2n) is 4.06. The number of hydrogen-bond donors (Lipinski definition) is 3. The molecule has 1 rings (SSSR count). The molecule has 1 aromatic carbocycles. The van der Waals surface area contributed by atoms with Crippen molar-refractivity contribution in [2.75, 3.05) is 0 Å². The fourth-order valence-electron chi connectivity index (χ4n) is 1.83. The van der Waals surface area contributed by atoms with Crippen molar-refractivity contribution in [3.8, 4) is 11.5 Å². The average molecular weight is 266 g/mol. The molecule has 0 amide bonds. The lowest BCUT2D eigenvalue weighted by molar-refractivity contribution is -0.137. The second kappa shape index (κ2) is 6.53. The van der Waals surface area contributed by atoms with E-state index in [1.54, 1.807) is 0 Å². The van der Waals surface area contributed by atoms with Crippen LogP contribution in [0.5, 0.6) is 11.5 Å². The lowest BCUT2D eigenvalue weighted by Crippen LogP contribution is -2.01. The van der Waals surface area contributed by atoms with Crippen LogP contribution in [0.2, 0.25) is 0 Å². The van der Waals surface area contributed by atoms with Crippen molar-refractivity contribution in [2.24, 2.45) is 0 Å². The van der Waals surface area contributed by atoms with E-state index in [9.17, 15) is 24.6 Å². The first-order valence-electron chi connectivity index (χ1n) is 5.71. The number of aromatic hydroxyl groups is 2. The van der Waals surface area contributed by atoms with E-state index in [4.69, 9.17) is 5.11 Å². The van der Waals surface area contributed by atoms with E-state index in [0.717, 1.165) is 6.07 Å². The third-order valence-corrected chi connectivity index (χ3v) is 2.78. The third kappa shape index (κ3) is 3.54. The monoisotopic (exact) mass is 266 g/mol. The standard InChI is InChI=1S/C13H14O6/c14-6-8-5-11(16)13(19)10(7-15)9(8)3-1-2-4-12(17)18/h5-7,16,19H,1-4H2,(H,17,18). The number of benzene rings is 1. The first kappa shape index (κ1) is 14.7. The largest absolute Gasteiger partial charge is 0.504 e. The van der Waals surface area contributed by atoms with Gasteiger partial charge in [-0.2, -0.15) is 0 Å². The van der Waals surface area contributed by atoms with Crippen LogP contribution in [-0.2, 0) is 11.2 Å². The molecule has 0 unspecified atom stereocenters. The molecular formula is C13H14O6. The van der Waals surface area contributed by atoms with E-state index in [-0.39, 0.29) is 24.0 Å². The summed E-state index contributed by atoms with van der Waals surface area (Å²) in [6.07, 6.45) is 1.99. The van der Waals surface area contributed by atoms with Crippen molar-refractivity contribution in [2.45, 2.75) is 25.7 Å². The SMILES string of the molecule is O=Cc1cc(O)c(O)c(C=O)c1CCCCC(=O)O. The number of aldehydes is 2. The summed E-state index contributed by atoms with van der Waals surface area (Å²) in [5, 5.41) is 27.4. The molecule has 0 aliphatic carbocycles. The first-order chi connectivity index (χ1) is 9.01. The van der Waals surface area contributed by atoms with Crippen molar-refractivity contribution in [3.05, 3.63) is 22.8 Å². The molecule has 0 aliphatic heterocycles. The van der Waals surface area contributed by atoms with Gasteiger partial charge in [0.25, 0.3) is 0 Å². The summed E-state index contributed by atoms with van der Waals surface area (Å²) >= 11 is 0. The third-order valence-electron chi connectivity index (χ3n) is 2.78. The average Bonchev–Trinajstić information content (AvgIpc) is 2.38. The van der Waals surface area contributed by atoms with Crippen LogP contribution in [0.1, 0.15) is 45.5 Å². The molecule has 0 fully saturated rings. The number of rotatable bonds is 7. The van der Waals surface area contributed by atoms with Crippen molar-refractivity contribution < 1.29 is 29.7 Å². The van der Waals surface area contributed by atoms with Crippen molar-refractivity contribution in [1.82, 2.24) is 0 Å². The zero-order valence-electron chi connectivity index (χ0n) is 10.1. The van der Waals surface area contributed by atoms with E-state index in [0.29, 0.717) is 31.0 Å². The molecule has 19 heavy (non-hydrogen) atoms. The molecule has 0 spiro atoms. The fourth-order valence-corrected chi connectivity index (χ4v) is 1.83. The van der Waals surface area contributed by atoms with Crippen LogP contribution in [0.4, 0.5) is 0 Å². The fraction of sp³-hybridized carbons (Fsp3) is 0.308. The zero-order valence-corrected chi connectivity index (χ0v) is 10.1. The number of phenols is 2. The Bertz CT molecular complexity index is 506. The molecule has 0 atom stereocenters. The van der Waals surface area contributed by atoms with Gasteiger partial charge in [0, 0.05) is 12.0 Å². The number of carboxylic acid groups (broad SMARTS) is 1. The number of phenolic OH excluding ortho intramolecular Hbond substituents is 2. The van der Waals surface area contributed by atoms with Crippen LogP contribution >= 0.6 is 0 Å². The summed E-state index contributed by atoms with van der Waals surface area (Å²) in [5.41, 5.74) is 0.316. The molecule has 0 radical (unpaired) electrons. The summed E-state index contributed by atoms with van der Waals surface area (Å²) in [6.45, 7) is 0. The first-order valence-corrected chi connectivity index (χ1v) is 5.71. The molecule has 0 heterocycles. The number of carboxylic acids is 1. The number of carbonyl (C=O) groups is 3. The minimum Gasteiger partial charge on any atom is -0.504 e. The van der Waals surface area contributed by atoms with Gasteiger partial charge in [-0.15, -0.1) is 0 Å². The smallest absolute Gasteiger partial charge is 0.303 e. The predicted octanol–water partition coefficient (Wildman–Crippen LogP) is 1.52. The van der Waals surface area contributed by atoms with Crippen LogP contribution < -0.4 is 0 Å². The molecule has 0 saturated heterocycles. The van der Waals surface area contributed by atoms with Gasteiger partial charge in [0.15, 0.2) is 17.8 Å². The minimum absolute atomic E-state index is 0.00306. The Hall–Kier alpha value is -2.37. The van der Waals surface area contributed by atoms with Crippen LogP contribution in [-0.4, -0.2) is 33.9 Å². The Labute approximate surface area is 109 Å². The summed E-state index contributed by atoms with van der Waals surface area (Å²) in [5.74, 6) is -2.01. The molecule has 102 valence electrons. The van der Waals surface area contributed by atoms with Crippen molar-refractivity contribution in [3.63, 3.8) is 0 Å². The minimum atomic E-state index is -0.917. The maximum atomic E-state index is 10.9. The summed E-state index contributed by atoms with van der Waals surface area (Å²) in [6, 6.07) is 1.09. The molecule has 6 nitrogen and oxygen atoms in total. The van der Waals surface area contributed by atoms with Crippen LogP contribution in [0.15, 0.2) is 6.07 Å². The van der Waals surface area contributed by atoms with E-state index < -0.39 is 17.5 Å². The van der Waals surface area contributed by atoms with Gasteiger partial charge in [-0.25, -0.2) is 0 Å². The summed E-state index contributed by atoms with van der Waals surface area (Å²) < 4.78 is 0. The number of aliphatic carboxylic acids is 1. The molecule has 3 N–H and O–H groups in total. The lowest BCUT2D eigenvalue weighted by atomic mass is 9.95. The van der Waals surface area contributed by atoms with Gasteiger partial charge >= 0.3 is 5.97 Å². The molecule has 0 bridgehead atoms. The van der Waals surface area contributed by atoms with Crippen LogP contribution in [0.25, 0.3) is 0 Å². The van der Waals surface area contributed by atoms with Gasteiger partial charge < -0.3 is 15.3 Å². The van der Waals surface area contributed by atoms with Crippen LogP contribution in [0.3, 0.4) is 0 Å². The molecule has 6 heteroatoms. The molecule has 0 aliphatic rings. The highest BCUT2D eigenvalue weighted by atomic mass is 16.4. The Morgan fingerprint density at radius 1 is 1.16 bits per heavy atom. The van der Waals surface area contributed by atoms with Gasteiger partial charge in [-0.3, -0.25) is 14.4 Å². The van der Waals surface area contributed by atoms with E-state index in [2.05, 4.69) is 0 Å². The van der Waals surface area contributed by atoms with Crippen LogP contribution in [0, 0.1) is 0 Å². The molecule has 1 aromatic rings. The maximum Gasteiger partial charge on any atom is 0.303 e. The second-order valence-corrected chi connectivity index (χ2v) is 4.06. The lowest BCUT2D eigenvalue weighted by Gasteiger charge is -2.11. The zero-order chi connectivity index (χ0) is 14.4. The maximum absolute atomic E-state index is 10.9. The van der Waals surface area contributed by atoms with Gasteiger partial charge in [-0.1, -0.05) is 0 Å². The highest BCUT2D eigenvalue weighted by Crippen LogP contribution is 2.33. The normalized spacial score (nSPS) is 10.1. The Kier molecular flexibility index (Phi) is 5.05. The topological polar surface area (TPSA) is 112 Å². The highest BCUT2D eigenvalue weighted by Gasteiger charge is 2.16. The molecule has 0 saturated carbocycles. The van der Waals surface area contributed by atoms with Gasteiger partial charge in [0.2, 0.25) is 0 Å². The molecule has 0 aromatic heterocycles. The Morgan fingerprint density at radius 2 is 1.84 bits per heavy atom. The summed E-state index contributed by atoms with van der Waals surface area (Å²) in [7, 11) is 0. The number of carbonyl (C=O) groups excluding carboxylic acids is 2. The van der Waals surface area contributed by atoms with E-state index in [1.807, 2.05) is 0 Å². The van der Waals surface area contributed by atoms with Gasteiger partial charge in [-0.05, 0) is 30.9 Å². The Morgan fingerprint density at radius 3 is 2.37 bits per heavy atom. The Balaban J connectivity index is 2.97. The number of hydrogen-bond acceptors (Lipinski definition) is 5. The van der Waals surface area contributed by atoms with E-state index in [1.165, 1.54) is 0 Å². The van der Waals surface area contributed by atoms with Crippen molar-refractivity contribution >= 4 is 18.5 Å². The quantitative estimate of drug-likeness (QED) is 0.392. The van der Waals surface area contributed by atoms with E-state index >= 15 is 0 Å². The molecular weight excluding hydrogens is 252 g/mol.